The number of halogens is 1. The lowest BCUT2D eigenvalue weighted by Crippen LogP contribution is -2.47. The summed E-state index contributed by atoms with van der Waals surface area (Å²) in [6.07, 6.45) is 1.07. The summed E-state index contributed by atoms with van der Waals surface area (Å²) in [5, 5.41) is 0.679. The highest BCUT2D eigenvalue weighted by Gasteiger charge is 2.31. The third kappa shape index (κ3) is 5.67. The molecule has 1 aromatic carbocycles. The van der Waals surface area contributed by atoms with Gasteiger partial charge in [0.2, 0.25) is 11.8 Å². The van der Waals surface area contributed by atoms with Crippen LogP contribution in [0.1, 0.15) is 18.4 Å². The van der Waals surface area contributed by atoms with E-state index < -0.39 is 0 Å². The van der Waals surface area contributed by atoms with E-state index in [1.54, 1.807) is 4.90 Å². The summed E-state index contributed by atoms with van der Waals surface area (Å²) in [5.74, 6) is 0.131. The maximum atomic E-state index is 12.8. The highest BCUT2D eigenvalue weighted by Crippen LogP contribution is 2.22. The normalized spacial score (nSPS) is 21.3. The zero-order valence-corrected chi connectivity index (χ0v) is 16.7. The van der Waals surface area contributed by atoms with E-state index in [0.717, 1.165) is 38.4 Å². The fourth-order valence-electron chi connectivity index (χ4n) is 3.62. The number of benzene rings is 1. The number of piperidine rings is 1. The Bertz CT molecular complexity index is 646. The number of nitrogens with zero attached hydrogens (tertiary/aromatic N) is 3. The Morgan fingerprint density at radius 1 is 1.26 bits per heavy atom. The van der Waals surface area contributed by atoms with Crippen molar-refractivity contribution in [2.75, 3.05) is 53.0 Å². The zero-order chi connectivity index (χ0) is 19.2. The van der Waals surface area contributed by atoms with Crippen LogP contribution in [0.25, 0.3) is 0 Å². The van der Waals surface area contributed by atoms with Crippen LogP contribution in [0, 0.1) is 5.92 Å². The number of morpholine rings is 1. The number of rotatable bonds is 6. The zero-order valence-electron chi connectivity index (χ0n) is 15.9. The number of likely N-dealkylation sites (tertiary alicyclic amines) is 1. The number of amides is 2. The Labute approximate surface area is 166 Å². The Balaban J connectivity index is 1.51. The second-order valence-electron chi connectivity index (χ2n) is 7.35. The smallest absolute Gasteiger partial charge is 0.227 e. The van der Waals surface area contributed by atoms with E-state index in [2.05, 4.69) is 4.90 Å². The van der Waals surface area contributed by atoms with Gasteiger partial charge in [-0.3, -0.25) is 14.5 Å². The SMILES string of the molecule is CN(CCN1CCOCC1)C(=O)C1CCC(=O)N(Cc2ccc(Cl)cc2)C1. The van der Waals surface area contributed by atoms with Crippen LogP contribution in [0.3, 0.4) is 0 Å². The molecule has 2 aliphatic heterocycles. The Hall–Kier alpha value is -1.63. The molecular formula is C20H28ClN3O3. The van der Waals surface area contributed by atoms with Crippen LogP contribution in [0.4, 0.5) is 0 Å². The molecule has 0 aliphatic carbocycles. The average molecular weight is 394 g/mol. The van der Waals surface area contributed by atoms with Crippen molar-refractivity contribution in [2.45, 2.75) is 19.4 Å². The number of ether oxygens (including phenoxy) is 1. The van der Waals surface area contributed by atoms with E-state index >= 15 is 0 Å². The molecule has 27 heavy (non-hydrogen) atoms. The van der Waals surface area contributed by atoms with Crippen LogP contribution in [0.2, 0.25) is 5.02 Å². The van der Waals surface area contributed by atoms with Crippen LogP contribution in [0.15, 0.2) is 24.3 Å². The highest BCUT2D eigenvalue weighted by molar-refractivity contribution is 6.30. The molecule has 2 amide bonds. The number of carbonyl (C=O) groups is 2. The molecule has 7 heteroatoms. The number of likely N-dealkylation sites (N-methyl/N-ethyl adjacent to an activating group) is 1. The van der Waals surface area contributed by atoms with Crippen molar-refractivity contribution in [1.82, 2.24) is 14.7 Å². The van der Waals surface area contributed by atoms with Gasteiger partial charge in [-0.2, -0.15) is 0 Å². The molecule has 0 N–H and O–H groups in total. The average Bonchev–Trinajstić information content (AvgIpc) is 2.69. The van der Waals surface area contributed by atoms with Gasteiger partial charge in [-0.15, -0.1) is 0 Å². The van der Waals surface area contributed by atoms with Crippen molar-refractivity contribution in [3.8, 4) is 0 Å². The van der Waals surface area contributed by atoms with Crippen molar-refractivity contribution >= 4 is 23.4 Å². The lowest BCUT2D eigenvalue weighted by Gasteiger charge is -2.35. The monoisotopic (exact) mass is 393 g/mol. The van der Waals surface area contributed by atoms with E-state index in [0.29, 0.717) is 37.5 Å². The van der Waals surface area contributed by atoms with Gasteiger partial charge in [-0.05, 0) is 24.1 Å². The second kappa shape index (κ2) is 9.53. The Kier molecular flexibility index (Phi) is 7.10. The molecule has 2 fully saturated rings. The van der Waals surface area contributed by atoms with Crippen LogP contribution < -0.4 is 0 Å². The van der Waals surface area contributed by atoms with Crippen LogP contribution in [-0.4, -0.2) is 79.5 Å². The summed E-state index contributed by atoms with van der Waals surface area (Å²) in [6.45, 7) is 5.97. The summed E-state index contributed by atoms with van der Waals surface area (Å²) >= 11 is 5.93. The van der Waals surface area contributed by atoms with E-state index in [4.69, 9.17) is 16.3 Å². The first-order chi connectivity index (χ1) is 13.0. The predicted octanol–water partition coefficient (Wildman–Crippen LogP) is 1.87. The largest absolute Gasteiger partial charge is 0.379 e. The van der Waals surface area contributed by atoms with E-state index in [1.807, 2.05) is 36.2 Å². The van der Waals surface area contributed by atoms with Crippen LogP contribution in [0.5, 0.6) is 0 Å². The molecule has 1 aromatic rings. The molecule has 2 saturated heterocycles. The lowest BCUT2D eigenvalue weighted by atomic mass is 9.95. The van der Waals surface area contributed by atoms with Gasteiger partial charge >= 0.3 is 0 Å². The maximum absolute atomic E-state index is 12.8. The summed E-state index contributed by atoms with van der Waals surface area (Å²) in [7, 11) is 1.86. The molecule has 148 valence electrons. The third-order valence-corrected chi connectivity index (χ3v) is 5.62. The maximum Gasteiger partial charge on any atom is 0.227 e. The Morgan fingerprint density at radius 3 is 2.67 bits per heavy atom. The van der Waals surface area contributed by atoms with Gasteiger partial charge in [0.05, 0.1) is 19.1 Å². The fraction of sp³-hybridized carbons (Fsp3) is 0.600. The second-order valence-corrected chi connectivity index (χ2v) is 7.79. The molecule has 1 atom stereocenters. The third-order valence-electron chi connectivity index (χ3n) is 5.37. The van der Waals surface area contributed by atoms with Gasteiger partial charge in [0.25, 0.3) is 0 Å². The van der Waals surface area contributed by atoms with Crippen molar-refractivity contribution < 1.29 is 14.3 Å². The molecule has 0 aromatic heterocycles. The quantitative estimate of drug-likeness (QED) is 0.740. The van der Waals surface area contributed by atoms with Crippen molar-refractivity contribution in [3.05, 3.63) is 34.9 Å². The Morgan fingerprint density at radius 2 is 1.96 bits per heavy atom. The number of carbonyl (C=O) groups excluding carboxylic acids is 2. The molecule has 2 aliphatic rings. The molecule has 2 heterocycles. The van der Waals surface area contributed by atoms with Crippen molar-refractivity contribution in [3.63, 3.8) is 0 Å². The van der Waals surface area contributed by atoms with Crippen LogP contribution in [-0.2, 0) is 20.9 Å². The van der Waals surface area contributed by atoms with Gasteiger partial charge < -0.3 is 14.5 Å². The molecule has 1 unspecified atom stereocenters. The van der Waals surface area contributed by atoms with Crippen molar-refractivity contribution in [1.29, 1.82) is 0 Å². The summed E-state index contributed by atoms with van der Waals surface area (Å²) in [6, 6.07) is 7.51. The number of hydrogen-bond donors (Lipinski definition) is 0. The molecule has 0 spiro atoms. The van der Waals surface area contributed by atoms with Gasteiger partial charge in [0.15, 0.2) is 0 Å². The van der Waals surface area contributed by atoms with E-state index in [1.165, 1.54) is 0 Å². The number of hydrogen-bond acceptors (Lipinski definition) is 4. The minimum absolute atomic E-state index is 0.116. The van der Waals surface area contributed by atoms with Crippen LogP contribution >= 0.6 is 11.6 Å². The minimum atomic E-state index is -0.121. The molecule has 6 nitrogen and oxygen atoms in total. The molecular weight excluding hydrogens is 366 g/mol. The van der Waals surface area contributed by atoms with Gasteiger partial charge in [0.1, 0.15) is 0 Å². The predicted molar refractivity (Wildman–Crippen MR) is 104 cm³/mol. The van der Waals surface area contributed by atoms with E-state index in [-0.39, 0.29) is 17.7 Å². The lowest BCUT2D eigenvalue weighted by molar-refractivity contribution is -0.143. The first kappa shape index (κ1) is 20.1. The van der Waals surface area contributed by atoms with Gasteiger partial charge in [-0.1, -0.05) is 23.7 Å². The first-order valence-corrected chi connectivity index (χ1v) is 9.98. The summed E-state index contributed by atoms with van der Waals surface area (Å²) < 4.78 is 5.36. The fourth-order valence-corrected chi connectivity index (χ4v) is 3.74. The minimum Gasteiger partial charge on any atom is -0.379 e. The first-order valence-electron chi connectivity index (χ1n) is 9.60. The standard InChI is InChI=1S/C20H28ClN3O3/c1-22(8-9-23-10-12-27-13-11-23)20(26)17-4-7-19(25)24(15-17)14-16-2-5-18(21)6-3-16/h2-3,5-6,17H,4,7-15H2,1H3. The summed E-state index contributed by atoms with van der Waals surface area (Å²) in [5.41, 5.74) is 1.03. The summed E-state index contributed by atoms with van der Waals surface area (Å²) in [4.78, 5) is 31.1. The molecule has 0 saturated carbocycles. The molecule has 3 rings (SSSR count). The topological polar surface area (TPSA) is 53.1 Å². The van der Waals surface area contributed by atoms with Gasteiger partial charge in [0, 0.05) is 57.8 Å². The van der Waals surface area contributed by atoms with E-state index in [9.17, 15) is 9.59 Å². The molecule has 0 radical (unpaired) electrons. The molecule has 0 bridgehead atoms. The van der Waals surface area contributed by atoms with Gasteiger partial charge in [-0.25, -0.2) is 0 Å². The highest BCUT2D eigenvalue weighted by atomic mass is 35.5. The van der Waals surface area contributed by atoms with Crippen molar-refractivity contribution in [2.24, 2.45) is 5.92 Å².